The van der Waals surface area contributed by atoms with E-state index in [0.29, 0.717) is 12.0 Å². The fraction of sp³-hybridized carbons (Fsp3) is 0.500. The Balaban J connectivity index is 1.54. The molecule has 0 spiro atoms. The number of hydrogen-bond donors (Lipinski definition) is 3. The van der Waals surface area contributed by atoms with E-state index in [0.717, 1.165) is 30.2 Å². The van der Waals surface area contributed by atoms with Crippen LogP contribution in [-0.2, 0) is 19.1 Å². The largest absolute Gasteiger partial charge is 0.455 e. The molecule has 1 fully saturated rings. The van der Waals surface area contributed by atoms with Crippen molar-refractivity contribution in [3.8, 4) is 0 Å². The van der Waals surface area contributed by atoms with Crippen LogP contribution in [0.2, 0.25) is 0 Å². The fourth-order valence-electron chi connectivity index (χ4n) is 2.99. The van der Waals surface area contributed by atoms with Gasteiger partial charge in [0.1, 0.15) is 0 Å². The Bertz CT molecular complexity index is 717. The lowest BCUT2D eigenvalue weighted by atomic mass is 9.95. The van der Waals surface area contributed by atoms with E-state index in [1.807, 2.05) is 0 Å². The van der Waals surface area contributed by atoms with Crippen molar-refractivity contribution >= 4 is 39.6 Å². The number of hydrogen-bond acceptors (Lipinski definition) is 5. The number of esters is 1. The van der Waals surface area contributed by atoms with Crippen molar-refractivity contribution in [2.24, 2.45) is 0 Å². The maximum absolute atomic E-state index is 11.9. The molecular formula is C20H26BrN3O5. The molecule has 0 aromatic heterocycles. The van der Waals surface area contributed by atoms with Gasteiger partial charge < -0.3 is 10.1 Å². The van der Waals surface area contributed by atoms with Gasteiger partial charge >= 0.3 is 5.97 Å². The Morgan fingerprint density at radius 1 is 0.931 bits per heavy atom. The van der Waals surface area contributed by atoms with Gasteiger partial charge in [-0.05, 0) is 43.5 Å². The van der Waals surface area contributed by atoms with Crippen molar-refractivity contribution in [1.82, 2.24) is 16.2 Å². The highest BCUT2D eigenvalue weighted by molar-refractivity contribution is 9.10. The number of hydrazine groups is 1. The molecule has 0 bridgehead atoms. The Kier molecular flexibility index (Phi) is 9.63. The summed E-state index contributed by atoms with van der Waals surface area (Å²) in [6.07, 6.45) is 6.20. The van der Waals surface area contributed by atoms with Crippen LogP contribution in [0.4, 0.5) is 0 Å². The smallest absolute Gasteiger partial charge is 0.306 e. The molecule has 0 aliphatic heterocycles. The van der Waals surface area contributed by atoms with E-state index >= 15 is 0 Å². The third kappa shape index (κ3) is 9.08. The molecule has 9 heteroatoms. The van der Waals surface area contributed by atoms with Gasteiger partial charge in [0.05, 0.1) is 0 Å². The van der Waals surface area contributed by atoms with E-state index in [1.165, 1.54) is 6.42 Å². The van der Waals surface area contributed by atoms with E-state index in [9.17, 15) is 19.2 Å². The zero-order valence-corrected chi connectivity index (χ0v) is 17.8. The average molecular weight is 468 g/mol. The van der Waals surface area contributed by atoms with E-state index in [1.54, 1.807) is 24.3 Å². The molecule has 3 N–H and O–H groups in total. The van der Waals surface area contributed by atoms with E-state index in [4.69, 9.17) is 4.74 Å². The van der Waals surface area contributed by atoms with Crippen LogP contribution in [0.15, 0.2) is 28.7 Å². The zero-order chi connectivity index (χ0) is 21.1. The molecule has 0 atom stereocenters. The second kappa shape index (κ2) is 12.2. The Morgan fingerprint density at radius 2 is 1.62 bits per heavy atom. The molecule has 29 heavy (non-hydrogen) atoms. The summed E-state index contributed by atoms with van der Waals surface area (Å²) in [4.78, 5) is 47.1. The molecule has 0 radical (unpaired) electrons. The van der Waals surface area contributed by atoms with Gasteiger partial charge in [-0.1, -0.05) is 35.2 Å². The predicted molar refractivity (Wildman–Crippen MR) is 110 cm³/mol. The first kappa shape index (κ1) is 22.9. The number of carbonyl (C=O) groups is 4. The van der Waals surface area contributed by atoms with E-state index < -0.39 is 24.4 Å². The normalized spacial score (nSPS) is 14.0. The van der Waals surface area contributed by atoms with Crippen molar-refractivity contribution < 1.29 is 23.9 Å². The maximum Gasteiger partial charge on any atom is 0.306 e. The number of nitrogens with one attached hydrogen (secondary N) is 3. The summed E-state index contributed by atoms with van der Waals surface area (Å²) < 4.78 is 5.68. The number of benzene rings is 1. The molecule has 1 saturated carbocycles. The second-order valence-electron chi connectivity index (χ2n) is 6.93. The molecule has 1 aliphatic carbocycles. The van der Waals surface area contributed by atoms with Gasteiger partial charge in [0.2, 0.25) is 5.91 Å². The molecule has 0 saturated heterocycles. The zero-order valence-electron chi connectivity index (χ0n) is 16.2. The summed E-state index contributed by atoms with van der Waals surface area (Å²) in [5.74, 6) is -1.76. The summed E-state index contributed by atoms with van der Waals surface area (Å²) in [7, 11) is 0. The summed E-state index contributed by atoms with van der Waals surface area (Å²) in [5, 5.41) is 2.99. The van der Waals surface area contributed by atoms with Gasteiger partial charge in [0.25, 0.3) is 11.8 Å². The number of rotatable bonds is 8. The van der Waals surface area contributed by atoms with Crippen LogP contribution in [0.5, 0.6) is 0 Å². The summed E-state index contributed by atoms with van der Waals surface area (Å²) in [6.45, 7) is -0.506. The summed E-state index contributed by atoms with van der Waals surface area (Å²) in [5.41, 5.74) is 4.79. The first-order chi connectivity index (χ1) is 13.9. The minimum absolute atomic E-state index is 0.0522. The minimum Gasteiger partial charge on any atom is -0.455 e. The van der Waals surface area contributed by atoms with Gasteiger partial charge in [-0.25, -0.2) is 0 Å². The third-order valence-corrected chi connectivity index (χ3v) is 5.07. The molecule has 0 heterocycles. The first-order valence-electron chi connectivity index (χ1n) is 9.74. The second-order valence-corrected chi connectivity index (χ2v) is 7.84. The SMILES string of the molecule is O=C(COC(=O)CCCC(=O)NC1CCCCC1)NNC(=O)c1ccc(Br)cc1. The highest BCUT2D eigenvalue weighted by Gasteiger charge is 2.16. The molecule has 158 valence electrons. The fourth-order valence-corrected chi connectivity index (χ4v) is 3.26. The van der Waals surface area contributed by atoms with Gasteiger partial charge in [-0.2, -0.15) is 0 Å². The van der Waals surface area contributed by atoms with Crippen molar-refractivity contribution in [1.29, 1.82) is 0 Å². The number of amides is 3. The van der Waals surface area contributed by atoms with Crippen molar-refractivity contribution in [2.75, 3.05) is 6.61 Å². The molecule has 1 aliphatic rings. The van der Waals surface area contributed by atoms with Crippen LogP contribution < -0.4 is 16.2 Å². The molecule has 8 nitrogen and oxygen atoms in total. The highest BCUT2D eigenvalue weighted by Crippen LogP contribution is 2.17. The monoisotopic (exact) mass is 467 g/mol. The van der Waals surface area contributed by atoms with Crippen LogP contribution in [0, 0.1) is 0 Å². The number of halogens is 1. The molecule has 1 aromatic rings. The van der Waals surface area contributed by atoms with Gasteiger partial charge in [0, 0.05) is 28.9 Å². The van der Waals surface area contributed by atoms with Crippen LogP contribution in [0.25, 0.3) is 0 Å². The van der Waals surface area contributed by atoms with Crippen molar-refractivity contribution in [3.05, 3.63) is 34.3 Å². The van der Waals surface area contributed by atoms with E-state index in [-0.39, 0.29) is 24.8 Å². The molecule has 2 rings (SSSR count). The molecule has 1 aromatic carbocycles. The standard InChI is InChI=1S/C20H26BrN3O5/c21-15-11-9-14(10-12-15)20(28)24-23-18(26)13-29-19(27)8-4-7-17(25)22-16-5-2-1-3-6-16/h9-12,16H,1-8,13H2,(H,22,25)(H,23,26)(H,24,28). The highest BCUT2D eigenvalue weighted by atomic mass is 79.9. The van der Waals surface area contributed by atoms with Crippen LogP contribution in [0.3, 0.4) is 0 Å². The lowest BCUT2D eigenvalue weighted by Gasteiger charge is -2.22. The molecule has 3 amide bonds. The van der Waals surface area contributed by atoms with Crippen LogP contribution >= 0.6 is 15.9 Å². The average Bonchev–Trinajstić information content (AvgIpc) is 2.71. The number of ether oxygens (including phenoxy) is 1. The topological polar surface area (TPSA) is 114 Å². The van der Waals surface area contributed by atoms with Crippen molar-refractivity contribution in [3.63, 3.8) is 0 Å². The Hall–Kier alpha value is -2.42. The quantitative estimate of drug-likeness (QED) is 0.401. The van der Waals surface area contributed by atoms with Gasteiger partial charge in [0.15, 0.2) is 6.61 Å². The maximum atomic E-state index is 11.9. The van der Waals surface area contributed by atoms with Gasteiger partial charge in [-0.3, -0.25) is 30.0 Å². The lowest BCUT2D eigenvalue weighted by Crippen LogP contribution is -2.43. The third-order valence-electron chi connectivity index (χ3n) is 4.54. The lowest BCUT2D eigenvalue weighted by molar-refractivity contribution is -0.148. The molecule has 0 unspecified atom stereocenters. The minimum atomic E-state index is -0.654. The van der Waals surface area contributed by atoms with Gasteiger partial charge in [-0.15, -0.1) is 0 Å². The van der Waals surface area contributed by atoms with E-state index in [2.05, 4.69) is 32.1 Å². The Labute approximate surface area is 178 Å². The van der Waals surface area contributed by atoms with Crippen LogP contribution in [-0.4, -0.2) is 36.3 Å². The summed E-state index contributed by atoms with van der Waals surface area (Å²) >= 11 is 3.27. The van der Waals surface area contributed by atoms with Crippen molar-refractivity contribution in [2.45, 2.75) is 57.4 Å². The predicted octanol–water partition coefficient (Wildman–Crippen LogP) is 2.37. The number of carbonyl (C=O) groups excluding carboxylic acids is 4. The van der Waals surface area contributed by atoms with Crippen LogP contribution in [0.1, 0.15) is 61.7 Å². The Morgan fingerprint density at radius 3 is 2.31 bits per heavy atom. The summed E-state index contributed by atoms with van der Waals surface area (Å²) in [6, 6.07) is 6.84. The first-order valence-corrected chi connectivity index (χ1v) is 10.5. The molecular weight excluding hydrogens is 442 g/mol.